The molecule has 1 fully saturated rings. The third-order valence-electron chi connectivity index (χ3n) is 13.6. The normalized spacial score (nSPS) is 26.8. The Morgan fingerprint density at radius 2 is 0.632 bits per heavy atom. The molecule has 1 aliphatic rings. The van der Waals surface area contributed by atoms with Crippen molar-refractivity contribution in [3.63, 3.8) is 0 Å². The van der Waals surface area contributed by atoms with E-state index in [1.165, 1.54) is 51.8 Å². The van der Waals surface area contributed by atoms with Crippen LogP contribution >= 0.6 is 0 Å². The van der Waals surface area contributed by atoms with Crippen molar-refractivity contribution in [3.8, 4) is 0 Å². The smallest absolute Gasteiger partial charge is 0.329 e. The summed E-state index contributed by atoms with van der Waals surface area (Å²) in [5.41, 5.74) is 1.30. The number of amides is 4. The molecule has 1 saturated heterocycles. The van der Waals surface area contributed by atoms with Gasteiger partial charge in [0.05, 0.1) is 0 Å². The van der Waals surface area contributed by atoms with E-state index < -0.39 is 120 Å². The third kappa shape index (κ3) is 14.1. The first-order valence-electron chi connectivity index (χ1n) is 24.0. The number of likely N-dealkylation sites (N-methyl/N-ethyl adjacent to an activating group) is 4. The maximum Gasteiger partial charge on any atom is 0.329 e. The molecule has 0 bridgehead atoms. The average Bonchev–Trinajstić information content (AvgIpc) is 3.32. The Labute approximate surface area is 403 Å². The Kier molecular flexibility index (Phi) is 21.7. The van der Waals surface area contributed by atoms with Gasteiger partial charge in [0.1, 0.15) is 24.2 Å². The zero-order valence-electron chi connectivity index (χ0n) is 42.6. The maximum atomic E-state index is 14.7. The van der Waals surface area contributed by atoms with Crippen LogP contribution in [0.3, 0.4) is 0 Å². The summed E-state index contributed by atoms with van der Waals surface area (Å²) >= 11 is 0. The highest BCUT2D eigenvalue weighted by atomic mass is 16.6. The first-order chi connectivity index (χ1) is 32.1. The highest BCUT2D eigenvalue weighted by Gasteiger charge is 2.45. The molecule has 4 unspecified atom stereocenters. The van der Waals surface area contributed by atoms with Gasteiger partial charge >= 0.3 is 23.9 Å². The lowest BCUT2D eigenvalue weighted by Crippen LogP contribution is -2.56. The second-order valence-electron chi connectivity index (χ2n) is 18.5. The minimum absolute atomic E-state index is 0.0842. The van der Waals surface area contributed by atoms with Gasteiger partial charge in [0.15, 0.2) is 24.4 Å². The van der Waals surface area contributed by atoms with Crippen molar-refractivity contribution in [2.75, 3.05) is 28.2 Å². The molecule has 16 heteroatoms. The number of hydrogen-bond acceptors (Lipinski definition) is 12. The SMILES string of the molecule is CCC(C)[C@H]1C(=O)O[C@H](Cc2ccccc2)C(=O)N(C)[C@@H](C(C)CC)C(=O)O[C@H](C)C(=O)N(C)[C@@H](C(C)CC)C(=O)O[C@H](Cc2ccccc2)C(=O)N(C)[C@@H](C(C)CC)C(=O)O[C@@H](C)C(=O)N1C. The molecule has 376 valence electrons. The fourth-order valence-corrected chi connectivity index (χ4v) is 8.58. The molecule has 3 rings (SSSR count). The van der Waals surface area contributed by atoms with Crippen LogP contribution in [0, 0.1) is 23.7 Å². The molecule has 1 aliphatic heterocycles. The van der Waals surface area contributed by atoms with Gasteiger partial charge in [-0.1, -0.05) is 142 Å². The van der Waals surface area contributed by atoms with E-state index in [0.29, 0.717) is 36.8 Å². The van der Waals surface area contributed by atoms with Crippen molar-refractivity contribution in [3.05, 3.63) is 71.8 Å². The molecule has 0 radical (unpaired) electrons. The van der Waals surface area contributed by atoms with Crippen molar-refractivity contribution >= 4 is 47.5 Å². The van der Waals surface area contributed by atoms with Crippen molar-refractivity contribution in [2.45, 2.75) is 156 Å². The van der Waals surface area contributed by atoms with Gasteiger partial charge in [-0.3, -0.25) is 19.2 Å². The minimum atomic E-state index is -1.48. The predicted molar refractivity (Wildman–Crippen MR) is 255 cm³/mol. The third-order valence-corrected chi connectivity index (χ3v) is 13.6. The number of carbonyl (C=O) groups is 8. The van der Waals surface area contributed by atoms with E-state index in [1.807, 2.05) is 27.7 Å². The molecule has 0 aromatic heterocycles. The van der Waals surface area contributed by atoms with Crippen LogP contribution in [-0.4, -0.2) is 144 Å². The lowest BCUT2D eigenvalue weighted by Gasteiger charge is -2.37. The number of carbonyl (C=O) groups excluding carboxylic acids is 8. The summed E-state index contributed by atoms with van der Waals surface area (Å²) in [6, 6.07) is 12.7. The van der Waals surface area contributed by atoms with Crippen molar-refractivity contribution < 1.29 is 57.3 Å². The van der Waals surface area contributed by atoms with Crippen LogP contribution in [0.15, 0.2) is 60.7 Å². The molecule has 12 atom stereocenters. The van der Waals surface area contributed by atoms with E-state index in [0.717, 1.165) is 9.80 Å². The first-order valence-corrected chi connectivity index (χ1v) is 24.0. The predicted octanol–water partition coefficient (Wildman–Crippen LogP) is 5.66. The van der Waals surface area contributed by atoms with Gasteiger partial charge in [-0.25, -0.2) is 19.2 Å². The van der Waals surface area contributed by atoms with Gasteiger partial charge in [-0.15, -0.1) is 0 Å². The zero-order chi connectivity index (χ0) is 51.2. The zero-order valence-corrected chi connectivity index (χ0v) is 42.6. The number of esters is 4. The van der Waals surface area contributed by atoms with Crippen LogP contribution in [0.1, 0.15) is 106 Å². The first kappa shape index (κ1) is 56.5. The number of rotatable bonds is 12. The summed E-state index contributed by atoms with van der Waals surface area (Å²) in [6.45, 7) is 17.0. The Morgan fingerprint density at radius 1 is 0.397 bits per heavy atom. The van der Waals surface area contributed by atoms with E-state index >= 15 is 0 Å². The maximum absolute atomic E-state index is 14.7. The molecule has 0 N–H and O–H groups in total. The lowest BCUT2D eigenvalue weighted by atomic mass is 9.95. The van der Waals surface area contributed by atoms with Crippen molar-refractivity contribution in [1.82, 2.24) is 19.6 Å². The molecular formula is C52H76N4O12. The molecule has 1 heterocycles. The van der Waals surface area contributed by atoms with Crippen LogP contribution in [0.5, 0.6) is 0 Å². The standard InChI is InChI=1S/C52H76N4O12/c1-15-31(5)41-49(61)65-35(9)45(57)53(11)44(34(8)18-4)52(64)68-40(30-38-27-23-20-24-28-38)48(60)56(14)42(32(6)16-2)50(62)66-36(10)46(58)54(12)43(33(7)17-3)51(63)67-39(47(59)55(41)13)29-37-25-21-19-22-26-37/h19-28,31-36,39-44H,15-18,29-30H2,1-14H3/t31?,32?,33?,34?,35-,36+,39-,40-,41+,42+,43+,44+/m1/s1. The fourth-order valence-electron chi connectivity index (χ4n) is 8.58. The number of nitrogens with zero attached hydrogens (tertiary/aromatic N) is 4. The van der Waals surface area contributed by atoms with Gasteiger partial charge in [0, 0.05) is 41.0 Å². The summed E-state index contributed by atoms with van der Waals surface area (Å²) in [4.78, 5) is 120. The van der Waals surface area contributed by atoms with Gasteiger partial charge < -0.3 is 38.5 Å². The van der Waals surface area contributed by atoms with Gasteiger partial charge in [-0.05, 0) is 48.6 Å². The Hall–Kier alpha value is -5.80. The molecule has 2 aromatic carbocycles. The number of ether oxygens (including phenoxy) is 4. The van der Waals surface area contributed by atoms with Crippen LogP contribution in [0.25, 0.3) is 0 Å². The Balaban J connectivity index is 2.27. The molecule has 0 aliphatic carbocycles. The Bertz CT molecular complexity index is 1870. The van der Waals surface area contributed by atoms with Crippen LogP contribution < -0.4 is 0 Å². The fraction of sp³-hybridized carbons (Fsp3) is 0.615. The van der Waals surface area contributed by atoms with Gasteiger partial charge in [-0.2, -0.15) is 0 Å². The summed E-state index contributed by atoms with van der Waals surface area (Å²) in [5, 5.41) is 0. The van der Waals surface area contributed by atoms with Gasteiger partial charge in [0.2, 0.25) is 0 Å². The summed E-state index contributed by atoms with van der Waals surface area (Å²) < 4.78 is 23.9. The monoisotopic (exact) mass is 949 g/mol. The molecule has 0 saturated carbocycles. The van der Waals surface area contributed by atoms with Crippen molar-refractivity contribution in [2.24, 2.45) is 23.7 Å². The minimum Gasteiger partial charge on any atom is -0.451 e. The van der Waals surface area contributed by atoms with Gasteiger partial charge in [0.25, 0.3) is 23.6 Å². The van der Waals surface area contributed by atoms with Crippen LogP contribution in [0.4, 0.5) is 0 Å². The molecule has 2 aromatic rings. The number of benzene rings is 2. The highest BCUT2D eigenvalue weighted by Crippen LogP contribution is 2.26. The summed E-state index contributed by atoms with van der Waals surface area (Å²) in [7, 11) is 5.58. The lowest BCUT2D eigenvalue weighted by molar-refractivity contribution is -0.178. The molecule has 16 nitrogen and oxygen atoms in total. The average molecular weight is 949 g/mol. The summed E-state index contributed by atoms with van der Waals surface area (Å²) in [6.07, 6.45) is -4.39. The van der Waals surface area contributed by atoms with Crippen molar-refractivity contribution in [1.29, 1.82) is 0 Å². The van der Waals surface area contributed by atoms with E-state index in [4.69, 9.17) is 18.9 Å². The second-order valence-corrected chi connectivity index (χ2v) is 18.5. The van der Waals surface area contributed by atoms with E-state index in [1.54, 1.807) is 88.4 Å². The molecular weight excluding hydrogens is 873 g/mol. The molecule has 68 heavy (non-hydrogen) atoms. The number of cyclic esters (lactones) is 4. The van der Waals surface area contributed by atoms with E-state index in [9.17, 15) is 38.4 Å². The van der Waals surface area contributed by atoms with Crippen LogP contribution in [-0.2, 0) is 70.1 Å². The van der Waals surface area contributed by atoms with Crippen LogP contribution in [0.2, 0.25) is 0 Å². The summed E-state index contributed by atoms with van der Waals surface area (Å²) in [5.74, 6) is -8.57. The number of hydrogen-bond donors (Lipinski definition) is 0. The Morgan fingerprint density at radius 3 is 0.882 bits per heavy atom. The van der Waals surface area contributed by atoms with E-state index in [2.05, 4.69) is 0 Å². The highest BCUT2D eigenvalue weighted by molar-refractivity contribution is 5.94. The quantitative estimate of drug-likeness (QED) is 0.188. The second kappa shape index (κ2) is 26.1. The molecule has 4 amide bonds. The largest absolute Gasteiger partial charge is 0.451 e. The molecule has 0 spiro atoms. The van der Waals surface area contributed by atoms with E-state index in [-0.39, 0.29) is 12.8 Å². The topological polar surface area (TPSA) is 186 Å².